The molecule has 0 amide bonds. The third kappa shape index (κ3) is 5.82. The van der Waals surface area contributed by atoms with Crippen molar-refractivity contribution in [1.82, 2.24) is 19.5 Å². The van der Waals surface area contributed by atoms with Crippen LogP contribution in [-0.2, 0) is 0 Å². The molecule has 0 radical (unpaired) electrons. The number of anilines is 4. The Bertz CT molecular complexity index is 1040. The highest BCUT2D eigenvalue weighted by Gasteiger charge is 2.28. The lowest BCUT2D eigenvalue weighted by atomic mass is 10.0. The molecule has 12 heteroatoms. The number of hydrogen-bond acceptors (Lipinski definition) is 10. The topological polar surface area (TPSA) is 166 Å². The zero-order chi connectivity index (χ0) is 23.7. The molecule has 35 heavy (non-hydrogen) atoms. The van der Waals surface area contributed by atoms with E-state index in [0.29, 0.717) is 44.0 Å². The number of nitrogens with two attached hydrogens (primary N) is 4. The van der Waals surface area contributed by atoms with Gasteiger partial charge in [-0.3, -0.25) is 0 Å². The van der Waals surface area contributed by atoms with Gasteiger partial charge in [0.2, 0.25) is 17.8 Å². The van der Waals surface area contributed by atoms with Gasteiger partial charge in [-0.05, 0) is 37.1 Å². The van der Waals surface area contributed by atoms with Crippen LogP contribution in [-0.4, -0.2) is 69.9 Å². The van der Waals surface area contributed by atoms with E-state index in [1.54, 1.807) is 0 Å². The number of hydrogen-bond donors (Lipinski definition) is 5. The van der Waals surface area contributed by atoms with Gasteiger partial charge in [-0.25, -0.2) is 0 Å². The van der Waals surface area contributed by atoms with Crippen molar-refractivity contribution in [3.8, 4) is 5.69 Å². The van der Waals surface area contributed by atoms with Crippen LogP contribution in [0.1, 0.15) is 12.8 Å². The van der Waals surface area contributed by atoms with Crippen LogP contribution in [0.4, 0.5) is 23.5 Å². The zero-order valence-electron chi connectivity index (χ0n) is 19.6. The van der Waals surface area contributed by atoms with Crippen molar-refractivity contribution in [1.29, 1.82) is 0 Å². The first-order valence-electron chi connectivity index (χ1n) is 11.7. The molecule has 5 rings (SSSR count). The predicted octanol–water partition coefficient (Wildman–Crippen LogP) is 0.557. The number of nitrogens with one attached hydrogen (secondary N) is 1. The van der Waals surface area contributed by atoms with E-state index in [9.17, 15) is 0 Å². The predicted molar refractivity (Wildman–Crippen MR) is 142 cm³/mol. The molecule has 188 valence electrons. The van der Waals surface area contributed by atoms with E-state index in [-0.39, 0.29) is 36.6 Å². The highest BCUT2D eigenvalue weighted by Crippen LogP contribution is 2.26. The SMILES string of the molecule is Cl.N[C@@H]1C[C@H](N)CN(c2nc(Nc3ccccc3-n3cccc3)nc(N3C[C@H](N)C[C@H](N)C3)n2)C1. The molecule has 0 aliphatic carbocycles. The van der Waals surface area contributed by atoms with Crippen molar-refractivity contribution in [2.45, 2.75) is 37.0 Å². The maximum atomic E-state index is 6.25. The fourth-order valence-electron chi connectivity index (χ4n) is 4.80. The summed E-state index contributed by atoms with van der Waals surface area (Å²) in [6.45, 7) is 2.54. The number of benzene rings is 1. The Balaban J connectivity index is 0.00000289. The summed E-state index contributed by atoms with van der Waals surface area (Å²) in [7, 11) is 0. The Labute approximate surface area is 211 Å². The molecule has 2 aromatic heterocycles. The second-order valence-electron chi connectivity index (χ2n) is 9.31. The van der Waals surface area contributed by atoms with E-state index in [0.717, 1.165) is 24.2 Å². The Morgan fingerprint density at radius 2 is 1.17 bits per heavy atom. The number of nitrogens with zero attached hydrogens (tertiary/aromatic N) is 6. The highest BCUT2D eigenvalue weighted by atomic mass is 35.5. The molecule has 4 heterocycles. The van der Waals surface area contributed by atoms with Gasteiger partial charge in [-0.2, -0.15) is 15.0 Å². The molecule has 4 atom stereocenters. The molecule has 0 spiro atoms. The van der Waals surface area contributed by atoms with Crippen LogP contribution >= 0.6 is 12.4 Å². The molecule has 2 aliphatic rings. The van der Waals surface area contributed by atoms with Crippen LogP contribution in [0.25, 0.3) is 5.69 Å². The second-order valence-corrected chi connectivity index (χ2v) is 9.31. The van der Waals surface area contributed by atoms with E-state index in [4.69, 9.17) is 37.9 Å². The van der Waals surface area contributed by atoms with Gasteiger partial charge in [0.25, 0.3) is 0 Å². The first-order valence-corrected chi connectivity index (χ1v) is 11.7. The number of para-hydroxylation sites is 2. The minimum atomic E-state index is -0.0355. The molecule has 1 aromatic carbocycles. The first kappa shape index (κ1) is 25.1. The number of piperidine rings is 2. The van der Waals surface area contributed by atoms with Crippen molar-refractivity contribution in [2.75, 3.05) is 41.3 Å². The van der Waals surface area contributed by atoms with Crippen LogP contribution in [0.2, 0.25) is 0 Å². The van der Waals surface area contributed by atoms with Gasteiger partial charge in [0.1, 0.15) is 0 Å². The van der Waals surface area contributed by atoms with Gasteiger partial charge >= 0.3 is 0 Å². The minimum absolute atomic E-state index is 0. The van der Waals surface area contributed by atoms with E-state index in [2.05, 4.69) is 5.32 Å². The molecule has 0 unspecified atom stereocenters. The monoisotopic (exact) mass is 499 g/mol. The van der Waals surface area contributed by atoms with E-state index >= 15 is 0 Å². The maximum absolute atomic E-state index is 6.25. The van der Waals surface area contributed by atoms with Crippen molar-refractivity contribution >= 4 is 35.9 Å². The summed E-state index contributed by atoms with van der Waals surface area (Å²) in [5.74, 6) is 1.54. The van der Waals surface area contributed by atoms with Crippen LogP contribution in [0.15, 0.2) is 48.8 Å². The van der Waals surface area contributed by atoms with E-state index in [1.807, 2.05) is 63.2 Å². The van der Waals surface area contributed by atoms with Gasteiger partial charge in [-0.15, -0.1) is 12.4 Å². The van der Waals surface area contributed by atoms with Crippen LogP contribution in [0.3, 0.4) is 0 Å². The molecular formula is C23H34ClN11. The molecule has 3 aromatic rings. The van der Waals surface area contributed by atoms with Gasteiger partial charge in [0.15, 0.2) is 0 Å². The lowest BCUT2D eigenvalue weighted by Gasteiger charge is -2.37. The zero-order valence-corrected chi connectivity index (χ0v) is 20.4. The molecular weight excluding hydrogens is 466 g/mol. The van der Waals surface area contributed by atoms with Gasteiger partial charge in [0, 0.05) is 62.7 Å². The summed E-state index contributed by atoms with van der Waals surface area (Å²) in [6, 6.07) is 11.8. The van der Waals surface area contributed by atoms with Gasteiger partial charge in [0.05, 0.1) is 11.4 Å². The fraction of sp³-hybridized carbons (Fsp3) is 0.435. The quantitative estimate of drug-likeness (QED) is 0.334. The molecule has 2 fully saturated rings. The summed E-state index contributed by atoms with van der Waals surface area (Å²) in [5.41, 5.74) is 26.9. The highest BCUT2D eigenvalue weighted by molar-refractivity contribution is 5.85. The molecule has 0 saturated carbocycles. The smallest absolute Gasteiger partial charge is 0.233 e. The molecule has 9 N–H and O–H groups in total. The Morgan fingerprint density at radius 1 is 0.686 bits per heavy atom. The third-order valence-electron chi connectivity index (χ3n) is 6.24. The van der Waals surface area contributed by atoms with E-state index in [1.165, 1.54) is 0 Å². The number of halogens is 1. The normalized spacial score (nSPS) is 24.7. The lowest BCUT2D eigenvalue weighted by molar-refractivity contribution is 0.441. The Kier molecular flexibility index (Phi) is 7.72. The third-order valence-corrected chi connectivity index (χ3v) is 6.24. The summed E-state index contributed by atoms with van der Waals surface area (Å²) >= 11 is 0. The average molecular weight is 500 g/mol. The summed E-state index contributed by atoms with van der Waals surface area (Å²) in [5, 5.41) is 3.40. The van der Waals surface area contributed by atoms with Gasteiger partial charge < -0.3 is 42.6 Å². The minimum Gasteiger partial charge on any atom is -0.338 e. The number of aromatic nitrogens is 4. The molecule has 2 saturated heterocycles. The largest absolute Gasteiger partial charge is 0.338 e. The van der Waals surface area contributed by atoms with Crippen molar-refractivity contribution in [3.63, 3.8) is 0 Å². The van der Waals surface area contributed by atoms with Crippen molar-refractivity contribution in [3.05, 3.63) is 48.8 Å². The van der Waals surface area contributed by atoms with Crippen molar-refractivity contribution in [2.24, 2.45) is 22.9 Å². The maximum Gasteiger partial charge on any atom is 0.233 e. The lowest BCUT2D eigenvalue weighted by Crippen LogP contribution is -2.54. The van der Waals surface area contributed by atoms with Crippen molar-refractivity contribution < 1.29 is 0 Å². The number of rotatable bonds is 5. The second kappa shape index (κ2) is 10.8. The summed E-state index contributed by atoms with van der Waals surface area (Å²) in [4.78, 5) is 18.4. The van der Waals surface area contributed by atoms with E-state index < -0.39 is 0 Å². The molecule has 0 bridgehead atoms. The summed E-state index contributed by atoms with van der Waals surface area (Å²) < 4.78 is 2.04. The Morgan fingerprint density at radius 3 is 1.69 bits per heavy atom. The fourth-order valence-corrected chi connectivity index (χ4v) is 4.80. The average Bonchev–Trinajstić information content (AvgIpc) is 3.33. The van der Waals surface area contributed by atoms with Gasteiger partial charge in [-0.1, -0.05) is 12.1 Å². The van der Waals surface area contributed by atoms with Crippen LogP contribution in [0, 0.1) is 0 Å². The standard InChI is InChI=1S/C23H33N11.ClH/c24-15-9-16(25)12-33(11-15)22-29-21(30-23(31-22)34-13-17(26)10-18(27)14-34)28-19-5-1-2-6-20(19)32-7-3-4-8-32;/h1-8,15-18H,9-14,24-27H2,(H,28,29,30,31);1H/t15-,16+,17-,18+;. The molecule has 2 aliphatic heterocycles. The summed E-state index contributed by atoms with van der Waals surface area (Å²) in [6.07, 6.45) is 5.55. The van der Waals surface area contributed by atoms with Crippen LogP contribution < -0.4 is 38.1 Å². The Hall–Kier alpha value is -2.96. The molecule has 11 nitrogen and oxygen atoms in total. The first-order chi connectivity index (χ1) is 16.4. The van der Waals surface area contributed by atoms with Crippen LogP contribution in [0.5, 0.6) is 0 Å².